The molecule has 2 unspecified atom stereocenters. The van der Waals surface area contributed by atoms with E-state index >= 15 is 0 Å². The monoisotopic (exact) mass is 474 g/mol. The molecule has 7 heteroatoms. The van der Waals surface area contributed by atoms with Crippen molar-refractivity contribution in [2.24, 2.45) is 5.92 Å². The summed E-state index contributed by atoms with van der Waals surface area (Å²) < 4.78 is 49.9. The van der Waals surface area contributed by atoms with Gasteiger partial charge in [-0.3, -0.25) is 4.79 Å². The van der Waals surface area contributed by atoms with Crippen LogP contribution in [0.15, 0.2) is 90.8 Å². The first-order valence-electron chi connectivity index (χ1n) is 10.3. The van der Waals surface area contributed by atoms with Gasteiger partial charge in [-0.25, -0.2) is 4.39 Å². The number of rotatable bonds is 6. The number of hydrogen-bond acceptors (Lipinski definition) is 3. The summed E-state index contributed by atoms with van der Waals surface area (Å²) in [5.74, 6) is -1.53. The molecule has 2 bridgehead atoms. The summed E-state index contributed by atoms with van der Waals surface area (Å²) in [4.78, 5) is 12.7. The quantitative estimate of drug-likeness (QED) is 0.264. The van der Waals surface area contributed by atoms with Crippen LogP contribution in [0.3, 0.4) is 0 Å². The summed E-state index contributed by atoms with van der Waals surface area (Å²) in [5.41, 5.74) is 0.746. The van der Waals surface area contributed by atoms with Crippen LogP contribution in [-0.4, -0.2) is 5.97 Å². The molecule has 5 rings (SSSR count). The molecule has 33 heavy (non-hydrogen) atoms. The lowest BCUT2D eigenvalue weighted by Crippen LogP contribution is -2.23. The van der Waals surface area contributed by atoms with Gasteiger partial charge in [-0.1, -0.05) is 74.0 Å². The predicted molar refractivity (Wildman–Crippen MR) is 121 cm³/mol. The summed E-state index contributed by atoms with van der Waals surface area (Å²) in [6.45, 7) is 3.58. The fourth-order valence-corrected chi connectivity index (χ4v) is 3.45. The van der Waals surface area contributed by atoms with Crippen LogP contribution < -0.4 is 4.74 Å². The van der Waals surface area contributed by atoms with Crippen molar-refractivity contribution in [2.75, 3.05) is 0 Å². The number of halogens is 4. The second-order valence-electron chi connectivity index (χ2n) is 7.69. The molecule has 2 atom stereocenters. The Morgan fingerprint density at radius 2 is 1.42 bits per heavy atom. The van der Waals surface area contributed by atoms with E-state index in [1.165, 1.54) is 12.1 Å². The highest BCUT2D eigenvalue weighted by Gasteiger charge is 2.32. The molecule has 172 valence electrons. The van der Waals surface area contributed by atoms with Crippen LogP contribution in [0.4, 0.5) is 13.2 Å². The molecule has 3 aromatic carbocycles. The van der Waals surface area contributed by atoms with E-state index in [1.54, 1.807) is 56.3 Å². The largest absolute Gasteiger partial charge is 0.457 e. The number of ether oxygens (including phenoxy) is 2. The van der Waals surface area contributed by atoms with Gasteiger partial charge >= 0.3 is 12.0 Å². The summed E-state index contributed by atoms with van der Waals surface area (Å²) in [6.07, 6.45) is -4.30. The van der Waals surface area contributed by atoms with Crippen molar-refractivity contribution >= 4 is 17.6 Å². The minimum atomic E-state index is -2.51. The van der Waals surface area contributed by atoms with E-state index in [4.69, 9.17) is 21.1 Å². The summed E-state index contributed by atoms with van der Waals surface area (Å²) in [7, 11) is 0. The van der Waals surface area contributed by atoms with Crippen molar-refractivity contribution in [1.82, 2.24) is 0 Å². The van der Waals surface area contributed by atoms with Gasteiger partial charge in [-0.15, -0.1) is 0 Å². The minimum absolute atomic E-state index is 0.129. The normalized spacial score (nSPS) is 12.9. The van der Waals surface area contributed by atoms with Gasteiger partial charge in [0, 0.05) is 11.1 Å². The topological polar surface area (TPSA) is 35.5 Å². The molecule has 0 spiro atoms. The van der Waals surface area contributed by atoms with Gasteiger partial charge in [0.25, 0.3) is 0 Å². The molecule has 0 saturated carbocycles. The standard InChI is InChI=1S/C20H18ClF3O2.C6H4O/c1-12(2)16(13-8-10-15(21)11-9-13)20(25)26-18(17(22)19(23)24)14-6-4-3-5-7-14;1-2-5-4-6(3-1)7-5/h3-12,16,18H,1-2H3;1-4H. The molecule has 0 fully saturated rings. The Morgan fingerprint density at radius 3 is 1.85 bits per heavy atom. The van der Waals surface area contributed by atoms with Gasteiger partial charge in [0.15, 0.2) is 6.10 Å². The van der Waals surface area contributed by atoms with Crippen LogP contribution >= 0.6 is 11.6 Å². The number of esters is 1. The average Bonchev–Trinajstić information content (AvgIpc) is 2.79. The zero-order chi connectivity index (χ0) is 24.0. The molecule has 3 nitrogen and oxygen atoms in total. The number of fused-ring (bicyclic) bond motifs is 2. The zero-order valence-corrected chi connectivity index (χ0v) is 18.7. The predicted octanol–water partition coefficient (Wildman–Crippen LogP) is 8.23. The molecular formula is C26H22ClF3O3. The number of carbonyl (C=O) groups is 1. The molecule has 2 heterocycles. The van der Waals surface area contributed by atoms with Crippen LogP contribution in [0.25, 0.3) is 0 Å². The lowest BCUT2D eigenvalue weighted by atomic mass is 9.88. The van der Waals surface area contributed by atoms with Crippen molar-refractivity contribution in [3.05, 3.63) is 107 Å². The Hall–Kier alpha value is -3.25. The number of carbonyl (C=O) groups excluding carboxylic acids is 1. The van der Waals surface area contributed by atoms with E-state index in [0.29, 0.717) is 10.6 Å². The molecule has 2 aliphatic rings. The second-order valence-corrected chi connectivity index (χ2v) is 8.12. The van der Waals surface area contributed by atoms with Crippen LogP contribution in [-0.2, 0) is 9.53 Å². The van der Waals surface area contributed by atoms with Crippen LogP contribution in [0, 0.1) is 5.92 Å². The van der Waals surface area contributed by atoms with Gasteiger partial charge in [-0.05, 0) is 41.3 Å². The van der Waals surface area contributed by atoms with E-state index < -0.39 is 29.9 Å². The van der Waals surface area contributed by atoms with Crippen molar-refractivity contribution in [2.45, 2.75) is 25.9 Å². The Morgan fingerprint density at radius 1 is 0.848 bits per heavy atom. The first kappa shape index (κ1) is 24.4. The second kappa shape index (κ2) is 11.1. The third-order valence-corrected chi connectivity index (χ3v) is 5.19. The number of hydrogen-bond donors (Lipinski definition) is 0. The van der Waals surface area contributed by atoms with Crippen molar-refractivity contribution in [3.8, 4) is 11.5 Å². The highest BCUT2D eigenvalue weighted by molar-refractivity contribution is 6.30. The van der Waals surface area contributed by atoms with E-state index in [9.17, 15) is 18.0 Å². The molecule has 0 saturated heterocycles. The Kier molecular flexibility index (Phi) is 8.17. The molecule has 0 radical (unpaired) electrons. The van der Waals surface area contributed by atoms with Crippen LogP contribution in [0.2, 0.25) is 5.02 Å². The van der Waals surface area contributed by atoms with Crippen LogP contribution in [0.5, 0.6) is 11.5 Å². The zero-order valence-electron chi connectivity index (χ0n) is 18.0. The van der Waals surface area contributed by atoms with E-state index in [-0.39, 0.29) is 11.5 Å². The molecule has 0 aliphatic carbocycles. The van der Waals surface area contributed by atoms with Crippen molar-refractivity contribution in [3.63, 3.8) is 0 Å². The van der Waals surface area contributed by atoms with Gasteiger partial charge < -0.3 is 9.47 Å². The Balaban J connectivity index is 0.000000364. The number of benzene rings is 3. The van der Waals surface area contributed by atoms with Gasteiger partial charge in [-0.2, -0.15) is 8.78 Å². The van der Waals surface area contributed by atoms with Crippen LogP contribution in [0.1, 0.15) is 37.0 Å². The Bertz CT molecular complexity index is 1090. The van der Waals surface area contributed by atoms with E-state index in [1.807, 2.05) is 24.3 Å². The molecule has 3 aromatic rings. The summed E-state index contributed by atoms with van der Waals surface area (Å²) in [6, 6.07) is 22.0. The van der Waals surface area contributed by atoms with Crippen molar-refractivity contribution < 1.29 is 27.4 Å². The van der Waals surface area contributed by atoms with Gasteiger partial charge in [0.1, 0.15) is 11.5 Å². The highest BCUT2D eigenvalue weighted by Crippen LogP contribution is 2.35. The fraction of sp³-hybridized carbons (Fsp3) is 0.192. The third kappa shape index (κ3) is 6.39. The summed E-state index contributed by atoms with van der Waals surface area (Å²) in [5, 5.41) is 0.500. The SMILES string of the molecule is CC(C)C(C(=O)OC(C(F)=C(F)F)c1ccccc1)c1ccc(Cl)cc1.c1cc2cc(c1)O2. The minimum Gasteiger partial charge on any atom is -0.457 e. The average molecular weight is 475 g/mol. The summed E-state index contributed by atoms with van der Waals surface area (Å²) >= 11 is 5.86. The third-order valence-electron chi connectivity index (χ3n) is 4.94. The first-order valence-corrected chi connectivity index (χ1v) is 10.6. The maximum Gasteiger partial charge on any atom is 0.314 e. The molecule has 0 aromatic heterocycles. The molecular weight excluding hydrogens is 453 g/mol. The molecule has 0 N–H and O–H groups in total. The smallest absolute Gasteiger partial charge is 0.314 e. The Labute approximate surface area is 195 Å². The van der Waals surface area contributed by atoms with E-state index in [0.717, 1.165) is 11.5 Å². The maximum atomic E-state index is 14.0. The van der Waals surface area contributed by atoms with Gasteiger partial charge in [0.2, 0.25) is 5.83 Å². The highest BCUT2D eigenvalue weighted by atomic mass is 35.5. The van der Waals surface area contributed by atoms with Gasteiger partial charge in [0.05, 0.1) is 5.92 Å². The maximum absolute atomic E-state index is 14.0. The molecule has 2 aliphatic heterocycles. The lowest BCUT2D eigenvalue weighted by Gasteiger charge is -2.23. The fourth-order valence-electron chi connectivity index (χ4n) is 3.32. The first-order chi connectivity index (χ1) is 15.8. The van der Waals surface area contributed by atoms with Crippen molar-refractivity contribution in [1.29, 1.82) is 0 Å². The molecule has 0 amide bonds. The lowest BCUT2D eigenvalue weighted by molar-refractivity contribution is -0.151. The van der Waals surface area contributed by atoms with E-state index in [2.05, 4.69) is 0 Å².